The van der Waals surface area contributed by atoms with Crippen molar-refractivity contribution in [2.45, 2.75) is 13.0 Å². The smallest absolute Gasteiger partial charge is 0.300 e. The summed E-state index contributed by atoms with van der Waals surface area (Å²) in [6.07, 6.45) is 0. The lowest BCUT2D eigenvalue weighted by Crippen LogP contribution is -2.30. The van der Waals surface area contributed by atoms with E-state index < -0.39 is 29.3 Å². The van der Waals surface area contributed by atoms with E-state index in [-0.39, 0.29) is 22.4 Å². The minimum atomic E-state index is -1.15. The maximum Gasteiger partial charge on any atom is 0.300 e. The molecule has 0 saturated carbocycles. The van der Waals surface area contributed by atoms with Crippen molar-refractivity contribution in [1.29, 1.82) is 0 Å². The van der Waals surface area contributed by atoms with E-state index in [0.717, 1.165) is 5.56 Å². The summed E-state index contributed by atoms with van der Waals surface area (Å²) in [7, 11) is 1.42. The van der Waals surface area contributed by atoms with Crippen molar-refractivity contribution in [2.75, 3.05) is 12.0 Å². The summed E-state index contributed by atoms with van der Waals surface area (Å²) in [6, 6.07) is 16.2. The van der Waals surface area contributed by atoms with Gasteiger partial charge in [0.15, 0.2) is 0 Å². The van der Waals surface area contributed by atoms with Gasteiger partial charge in [-0.15, -0.1) is 0 Å². The normalized spacial score (nSPS) is 17.6. The average Bonchev–Trinajstić information content (AvgIpc) is 3.04. The standard InChI is InChI=1S/C25H19ClFNO4/c1-14-7-3-6-10-19(14)28-22(16-8-4-5-9-18(16)27)21(24(30)25(28)31)23(29)15-11-12-17(26)20(13-15)32-2/h3-13,22,29H,1-2H3/b23-21+. The molecule has 1 N–H and O–H groups in total. The van der Waals surface area contributed by atoms with Gasteiger partial charge in [0.2, 0.25) is 0 Å². The molecule has 0 radical (unpaired) electrons. The van der Waals surface area contributed by atoms with Gasteiger partial charge in [0.1, 0.15) is 17.3 Å². The molecule has 1 aliphatic heterocycles. The molecule has 1 fully saturated rings. The van der Waals surface area contributed by atoms with Crippen molar-refractivity contribution >= 4 is 34.7 Å². The topological polar surface area (TPSA) is 66.8 Å². The van der Waals surface area contributed by atoms with Crippen molar-refractivity contribution in [3.8, 4) is 5.75 Å². The summed E-state index contributed by atoms with van der Waals surface area (Å²) in [6.45, 7) is 1.79. The Bertz CT molecular complexity index is 1270. The van der Waals surface area contributed by atoms with Crippen LogP contribution < -0.4 is 9.64 Å². The fourth-order valence-electron chi connectivity index (χ4n) is 3.87. The summed E-state index contributed by atoms with van der Waals surface area (Å²) in [5.74, 6) is -2.52. The number of carbonyl (C=O) groups excluding carboxylic acids is 2. The molecule has 1 aliphatic rings. The number of aliphatic hydroxyl groups is 1. The number of anilines is 1. The van der Waals surface area contributed by atoms with E-state index >= 15 is 0 Å². The van der Waals surface area contributed by atoms with E-state index in [1.54, 1.807) is 37.3 Å². The molecule has 0 aliphatic carbocycles. The third kappa shape index (κ3) is 3.52. The predicted octanol–water partition coefficient (Wildman–Crippen LogP) is 5.42. The molecular weight excluding hydrogens is 433 g/mol. The third-order valence-corrected chi connectivity index (χ3v) is 5.76. The van der Waals surface area contributed by atoms with Gasteiger partial charge in [-0.05, 0) is 42.8 Å². The van der Waals surface area contributed by atoms with Gasteiger partial charge in [-0.3, -0.25) is 14.5 Å². The monoisotopic (exact) mass is 451 g/mol. The largest absolute Gasteiger partial charge is 0.507 e. The Morgan fingerprint density at radius 1 is 1.06 bits per heavy atom. The third-order valence-electron chi connectivity index (χ3n) is 5.44. The maximum absolute atomic E-state index is 14.9. The van der Waals surface area contributed by atoms with Crippen LogP contribution in [-0.2, 0) is 9.59 Å². The van der Waals surface area contributed by atoms with Crippen molar-refractivity contribution in [3.63, 3.8) is 0 Å². The molecule has 1 saturated heterocycles. The average molecular weight is 452 g/mol. The number of ether oxygens (including phenoxy) is 1. The van der Waals surface area contributed by atoms with Gasteiger partial charge in [-0.25, -0.2) is 4.39 Å². The van der Waals surface area contributed by atoms with E-state index in [4.69, 9.17) is 16.3 Å². The second kappa shape index (κ2) is 8.48. The van der Waals surface area contributed by atoms with Gasteiger partial charge in [-0.2, -0.15) is 0 Å². The van der Waals surface area contributed by atoms with E-state index in [2.05, 4.69) is 0 Å². The van der Waals surface area contributed by atoms with E-state index in [9.17, 15) is 19.1 Å². The highest BCUT2D eigenvalue weighted by molar-refractivity contribution is 6.51. The van der Waals surface area contributed by atoms with Gasteiger partial charge in [0, 0.05) is 16.8 Å². The maximum atomic E-state index is 14.9. The summed E-state index contributed by atoms with van der Waals surface area (Å²) in [4.78, 5) is 27.5. The van der Waals surface area contributed by atoms with Crippen LogP contribution >= 0.6 is 11.6 Å². The molecule has 0 aromatic heterocycles. The molecule has 4 rings (SSSR count). The Balaban J connectivity index is 2.00. The molecule has 0 bridgehead atoms. The fraction of sp³-hybridized carbons (Fsp3) is 0.120. The lowest BCUT2D eigenvalue weighted by molar-refractivity contribution is -0.132. The first kappa shape index (κ1) is 21.6. The quantitative estimate of drug-likeness (QED) is 0.326. The van der Waals surface area contributed by atoms with Crippen molar-refractivity contribution in [2.24, 2.45) is 0 Å². The molecule has 3 aromatic rings. The van der Waals surface area contributed by atoms with Crippen LogP contribution in [0.15, 0.2) is 72.3 Å². The summed E-state index contributed by atoms with van der Waals surface area (Å²) >= 11 is 6.08. The number of ketones is 1. The number of Topliss-reactive ketones (excluding diaryl/α,β-unsaturated/α-hetero) is 1. The first-order valence-corrected chi connectivity index (χ1v) is 10.2. The zero-order valence-corrected chi connectivity index (χ0v) is 18.1. The number of hydrogen-bond acceptors (Lipinski definition) is 4. The van der Waals surface area contributed by atoms with E-state index in [0.29, 0.717) is 10.7 Å². The number of nitrogens with zero attached hydrogens (tertiary/aromatic N) is 1. The molecule has 5 nitrogen and oxygen atoms in total. The molecule has 32 heavy (non-hydrogen) atoms. The molecule has 7 heteroatoms. The Kier molecular flexibility index (Phi) is 5.72. The first-order valence-electron chi connectivity index (χ1n) is 9.80. The summed E-state index contributed by atoms with van der Waals surface area (Å²) < 4.78 is 20.1. The van der Waals surface area contributed by atoms with Crippen LogP contribution in [-0.4, -0.2) is 23.9 Å². The van der Waals surface area contributed by atoms with Crippen molar-refractivity contribution in [3.05, 3.63) is 99.8 Å². The number of para-hydroxylation sites is 1. The van der Waals surface area contributed by atoms with Crippen LogP contribution in [0.2, 0.25) is 5.02 Å². The minimum absolute atomic E-state index is 0.0948. The number of rotatable bonds is 4. The molecule has 1 unspecified atom stereocenters. The Morgan fingerprint density at radius 3 is 2.44 bits per heavy atom. The Labute approximate surface area is 189 Å². The molecular formula is C25H19ClFNO4. The van der Waals surface area contributed by atoms with Crippen LogP contribution in [0.4, 0.5) is 10.1 Å². The van der Waals surface area contributed by atoms with Gasteiger partial charge in [0.25, 0.3) is 11.7 Å². The van der Waals surface area contributed by atoms with Gasteiger partial charge < -0.3 is 9.84 Å². The summed E-state index contributed by atoms with van der Waals surface area (Å²) in [5, 5.41) is 11.4. The summed E-state index contributed by atoms with van der Waals surface area (Å²) in [5.41, 5.74) is 1.28. The zero-order valence-electron chi connectivity index (χ0n) is 17.3. The number of amides is 1. The second-order valence-electron chi connectivity index (χ2n) is 7.33. The molecule has 1 atom stereocenters. The van der Waals surface area contributed by atoms with Crippen LogP contribution in [0.3, 0.4) is 0 Å². The highest BCUT2D eigenvalue weighted by Gasteiger charge is 2.48. The number of aliphatic hydroxyl groups excluding tert-OH is 1. The molecule has 0 spiro atoms. The number of benzene rings is 3. The molecule has 3 aromatic carbocycles. The van der Waals surface area contributed by atoms with Crippen LogP contribution in [0.5, 0.6) is 5.75 Å². The number of carbonyl (C=O) groups is 2. The van der Waals surface area contributed by atoms with Crippen molar-refractivity contribution < 1.29 is 23.8 Å². The number of hydrogen-bond donors (Lipinski definition) is 1. The van der Waals surface area contributed by atoms with E-state index in [1.807, 2.05) is 0 Å². The molecule has 162 valence electrons. The fourth-order valence-corrected chi connectivity index (χ4v) is 4.06. The van der Waals surface area contributed by atoms with Crippen LogP contribution in [0.25, 0.3) is 5.76 Å². The first-order chi connectivity index (χ1) is 15.3. The van der Waals surface area contributed by atoms with Crippen LogP contribution in [0, 0.1) is 12.7 Å². The SMILES string of the molecule is COc1cc(/C(O)=C2\C(=O)C(=O)N(c3ccccc3C)C2c2ccccc2F)ccc1Cl. The minimum Gasteiger partial charge on any atom is -0.507 e. The van der Waals surface area contributed by atoms with Gasteiger partial charge >= 0.3 is 0 Å². The van der Waals surface area contributed by atoms with Gasteiger partial charge in [0.05, 0.1) is 23.7 Å². The number of methoxy groups -OCH3 is 1. The lowest BCUT2D eigenvalue weighted by atomic mass is 9.94. The number of aryl methyl sites for hydroxylation is 1. The van der Waals surface area contributed by atoms with Crippen LogP contribution in [0.1, 0.15) is 22.7 Å². The van der Waals surface area contributed by atoms with Gasteiger partial charge in [-0.1, -0.05) is 48.0 Å². The van der Waals surface area contributed by atoms with Crippen molar-refractivity contribution in [1.82, 2.24) is 0 Å². The zero-order chi connectivity index (χ0) is 23.0. The highest BCUT2D eigenvalue weighted by atomic mass is 35.5. The highest BCUT2D eigenvalue weighted by Crippen LogP contribution is 2.44. The number of halogens is 2. The Morgan fingerprint density at radius 2 is 1.75 bits per heavy atom. The van der Waals surface area contributed by atoms with E-state index in [1.165, 1.54) is 48.4 Å². The molecule has 1 heterocycles. The second-order valence-corrected chi connectivity index (χ2v) is 7.73. The predicted molar refractivity (Wildman–Crippen MR) is 120 cm³/mol. The molecule has 1 amide bonds. The lowest BCUT2D eigenvalue weighted by Gasteiger charge is -2.27. The Hall–Kier alpha value is -3.64.